The van der Waals surface area contributed by atoms with Gasteiger partial charge in [-0.2, -0.15) is 5.10 Å². The number of aryl methyl sites for hydroxylation is 1. The van der Waals surface area contributed by atoms with Crippen LogP contribution in [0.15, 0.2) is 55.1 Å². The minimum absolute atomic E-state index is 0.0657. The van der Waals surface area contributed by atoms with Crippen molar-refractivity contribution in [1.29, 1.82) is 0 Å². The zero-order chi connectivity index (χ0) is 19.7. The fourth-order valence-corrected chi connectivity index (χ4v) is 3.19. The molecule has 1 aromatic carbocycles. The first kappa shape index (κ1) is 17.9. The Hall–Kier alpha value is -3.48. The average molecular weight is 374 g/mol. The normalized spacial score (nSPS) is 11.1. The number of carbonyl (C=O) groups is 1. The molecule has 0 aliphatic carbocycles. The van der Waals surface area contributed by atoms with Crippen molar-refractivity contribution in [2.75, 3.05) is 14.1 Å². The molecule has 0 saturated heterocycles. The first-order valence-corrected chi connectivity index (χ1v) is 9.10. The predicted molar refractivity (Wildman–Crippen MR) is 108 cm³/mol. The number of pyridine rings is 1. The molecule has 4 aromatic rings. The van der Waals surface area contributed by atoms with Gasteiger partial charge in [-0.3, -0.25) is 9.78 Å². The van der Waals surface area contributed by atoms with Crippen molar-refractivity contribution in [2.45, 2.75) is 20.0 Å². The Bertz CT molecular complexity index is 1130. The fraction of sp³-hybridized carbons (Fsp3) is 0.238. The molecule has 0 atom stereocenters. The molecule has 3 heterocycles. The predicted octanol–water partition coefficient (Wildman–Crippen LogP) is 2.74. The van der Waals surface area contributed by atoms with Crippen molar-refractivity contribution in [3.63, 3.8) is 0 Å². The number of hydrogen-bond donors (Lipinski definition) is 0. The van der Waals surface area contributed by atoms with E-state index in [2.05, 4.69) is 28.1 Å². The van der Waals surface area contributed by atoms with Crippen molar-refractivity contribution in [1.82, 2.24) is 29.2 Å². The summed E-state index contributed by atoms with van der Waals surface area (Å²) in [5.74, 6) is 0.741. The largest absolute Gasteiger partial charge is 0.347 e. The number of carbonyl (C=O) groups excluding carboxylic acids is 1. The van der Waals surface area contributed by atoms with E-state index in [0.717, 1.165) is 27.7 Å². The summed E-state index contributed by atoms with van der Waals surface area (Å²) in [6.07, 6.45) is 5.51. The van der Waals surface area contributed by atoms with E-state index in [1.807, 2.05) is 41.1 Å². The Morgan fingerprint density at radius 3 is 2.75 bits per heavy atom. The monoisotopic (exact) mass is 374 g/mol. The fourth-order valence-electron chi connectivity index (χ4n) is 3.19. The van der Waals surface area contributed by atoms with Crippen LogP contribution in [0, 0.1) is 6.92 Å². The van der Waals surface area contributed by atoms with Gasteiger partial charge in [0.1, 0.15) is 12.9 Å². The Labute approximate surface area is 163 Å². The van der Waals surface area contributed by atoms with Crippen LogP contribution < -0.4 is 0 Å². The van der Waals surface area contributed by atoms with Gasteiger partial charge in [0.05, 0.1) is 12.2 Å². The van der Waals surface area contributed by atoms with E-state index in [9.17, 15) is 4.79 Å². The molecule has 0 aliphatic heterocycles. The third-order valence-corrected chi connectivity index (χ3v) is 4.73. The Balaban J connectivity index is 1.62. The highest BCUT2D eigenvalue weighted by Gasteiger charge is 2.13. The number of likely N-dealkylation sites (N-methyl/N-ethyl adjacent to an activating group) is 1. The molecule has 7 nitrogen and oxygen atoms in total. The van der Waals surface area contributed by atoms with Crippen molar-refractivity contribution >= 4 is 16.8 Å². The van der Waals surface area contributed by atoms with Gasteiger partial charge in [-0.15, -0.1) is 0 Å². The van der Waals surface area contributed by atoms with Crippen LogP contribution in [0.4, 0.5) is 0 Å². The highest BCUT2D eigenvalue weighted by Crippen LogP contribution is 2.26. The molecule has 0 bridgehead atoms. The van der Waals surface area contributed by atoms with Gasteiger partial charge < -0.3 is 9.47 Å². The molecule has 0 fully saturated rings. The maximum absolute atomic E-state index is 12.1. The van der Waals surface area contributed by atoms with Gasteiger partial charge >= 0.3 is 0 Å². The molecule has 7 heteroatoms. The molecule has 4 rings (SSSR count). The minimum Gasteiger partial charge on any atom is -0.347 e. The van der Waals surface area contributed by atoms with E-state index in [0.29, 0.717) is 18.9 Å². The van der Waals surface area contributed by atoms with Crippen LogP contribution in [0.2, 0.25) is 0 Å². The van der Waals surface area contributed by atoms with Crippen LogP contribution in [-0.2, 0) is 17.9 Å². The molecule has 0 N–H and O–H groups in total. The van der Waals surface area contributed by atoms with Gasteiger partial charge in [0.25, 0.3) is 0 Å². The summed E-state index contributed by atoms with van der Waals surface area (Å²) in [6, 6.07) is 11.9. The molecule has 28 heavy (non-hydrogen) atoms. The number of aromatic nitrogens is 5. The lowest BCUT2D eigenvalue weighted by Crippen LogP contribution is -2.25. The molecule has 0 saturated carbocycles. The van der Waals surface area contributed by atoms with Crippen LogP contribution in [0.1, 0.15) is 11.3 Å². The average Bonchev–Trinajstić information content (AvgIpc) is 3.27. The van der Waals surface area contributed by atoms with E-state index >= 15 is 0 Å². The molecular formula is C21H22N6O. The molecule has 0 spiro atoms. The Morgan fingerprint density at radius 1 is 1.14 bits per heavy atom. The van der Waals surface area contributed by atoms with Crippen LogP contribution in [0.3, 0.4) is 0 Å². The number of hydrogen-bond acceptors (Lipinski definition) is 4. The maximum Gasteiger partial charge on any atom is 0.241 e. The summed E-state index contributed by atoms with van der Waals surface area (Å²) in [4.78, 5) is 22.5. The maximum atomic E-state index is 12.1. The smallest absolute Gasteiger partial charge is 0.241 e. The van der Waals surface area contributed by atoms with E-state index in [4.69, 9.17) is 0 Å². The van der Waals surface area contributed by atoms with E-state index < -0.39 is 0 Å². The lowest BCUT2D eigenvalue weighted by Gasteiger charge is -2.11. The van der Waals surface area contributed by atoms with Gasteiger partial charge in [0.15, 0.2) is 5.82 Å². The van der Waals surface area contributed by atoms with Crippen molar-refractivity contribution in [3.8, 4) is 11.4 Å². The number of rotatable bonds is 5. The third-order valence-electron chi connectivity index (χ3n) is 4.73. The van der Waals surface area contributed by atoms with E-state index in [1.165, 1.54) is 0 Å². The van der Waals surface area contributed by atoms with Gasteiger partial charge in [-0.1, -0.05) is 6.07 Å². The second kappa shape index (κ2) is 7.26. The molecular weight excluding hydrogens is 352 g/mol. The number of amides is 1. The van der Waals surface area contributed by atoms with Crippen LogP contribution >= 0.6 is 0 Å². The molecule has 3 aromatic heterocycles. The lowest BCUT2D eigenvalue weighted by molar-refractivity contribution is -0.129. The Kier molecular flexibility index (Phi) is 4.65. The first-order valence-electron chi connectivity index (χ1n) is 9.10. The summed E-state index contributed by atoms with van der Waals surface area (Å²) < 4.78 is 3.78. The van der Waals surface area contributed by atoms with E-state index in [-0.39, 0.29) is 5.91 Å². The SMILES string of the molecule is Cc1cn(CC(=O)N(C)C)c2ccc(-c3ncn(Cc4ccccn4)n3)cc12. The second-order valence-corrected chi connectivity index (χ2v) is 7.05. The van der Waals surface area contributed by atoms with Gasteiger partial charge in [0.2, 0.25) is 5.91 Å². The standard InChI is InChI=1S/C21H22N6O/c1-15-11-26(13-20(28)25(2)3)19-8-7-16(10-18(15)19)21-23-14-27(24-21)12-17-6-4-5-9-22-17/h4-11,14H,12-13H2,1-3H3. The summed E-state index contributed by atoms with van der Waals surface area (Å²) in [6.45, 7) is 2.96. The summed E-state index contributed by atoms with van der Waals surface area (Å²) in [7, 11) is 3.54. The third kappa shape index (κ3) is 3.51. The zero-order valence-corrected chi connectivity index (χ0v) is 16.2. The van der Waals surface area contributed by atoms with Gasteiger partial charge in [-0.05, 0) is 42.8 Å². The van der Waals surface area contributed by atoms with Gasteiger partial charge in [0, 0.05) is 43.0 Å². The van der Waals surface area contributed by atoms with E-state index in [1.54, 1.807) is 36.2 Å². The van der Waals surface area contributed by atoms with Crippen molar-refractivity contribution in [3.05, 3.63) is 66.4 Å². The molecule has 0 unspecified atom stereocenters. The van der Waals surface area contributed by atoms with Crippen LogP contribution in [-0.4, -0.2) is 49.2 Å². The number of fused-ring (bicyclic) bond motifs is 1. The second-order valence-electron chi connectivity index (χ2n) is 7.05. The quantitative estimate of drug-likeness (QED) is 0.539. The molecule has 0 aliphatic rings. The lowest BCUT2D eigenvalue weighted by atomic mass is 10.1. The minimum atomic E-state index is 0.0657. The van der Waals surface area contributed by atoms with Crippen LogP contribution in [0.5, 0.6) is 0 Å². The van der Waals surface area contributed by atoms with Crippen molar-refractivity contribution in [2.24, 2.45) is 0 Å². The number of benzene rings is 1. The summed E-state index contributed by atoms with van der Waals surface area (Å²) >= 11 is 0. The van der Waals surface area contributed by atoms with Gasteiger partial charge in [-0.25, -0.2) is 9.67 Å². The highest BCUT2D eigenvalue weighted by atomic mass is 16.2. The highest BCUT2D eigenvalue weighted by molar-refractivity contribution is 5.89. The summed E-state index contributed by atoms with van der Waals surface area (Å²) in [5.41, 5.74) is 4.04. The molecule has 1 amide bonds. The molecule has 0 radical (unpaired) electrons. The van der Waals surface area contributed by atoms with Crippen LogP contribution in [0.25, 0.3) is 22.3 Å². The number of nitrogens with zero attached hydrogens (tertiary/aromatic N) is 6. The molecule has 142 valence electrons. The first-order chi connectivity index (χ1) is 13.5. The zero-order valence-electron chi connectivity index (χ0n) is 16.2. The Morgan fingerprint density at radius 2 is 2.00 bits per heavy atom. The topological polar surface area (TPSA) is 68.8 Å². The summed E-state index contributed by atoms with van der Waals surface area (Å²) in [5, 5.41) is 5.69. The van der Waals surface area contributed by atoms with Crippen molar-refractivity contribution < 1.29 is 4.79 Å².